The van der Waals surface area contributed by atoms with E-state index >= 15 is 0 Å². The van der Waals surface area contributed by atoms with Crippen LogP contribution in [0, 0.1) is 5.92 Å². The van der Waals surface area contributed by atoms with Crippen molar-refractivity contribution >= 4 is 17.6 Å². The van der Waals surface area contributed by atoms with E-state index in [4.69, 9.17) is 0 Å². The van der Waals surface area contributed by atoms with E-state index in [-0.39, 0.29) is 29.6 Å². The Bertz CT molecular complexity index is 573. The minimum absolute atomic E-state index is 0.0283. The number of hydrogen-bond donors (Lipinski definition) is 0. The van der Waals surface area contributed by atoms with Crippen LogP contribution in [0.25, 0.3) is 0 Å². The standard InChI is InChI=1S/C16H15NO3/c18-14-9-10-15(19)17(14)13-8-4-7-12(13)16(20)11-5-2-1-3-6-11/h1-3,5-6,9-10,12-13H,4,7-8H2. The molecule has 1 aliphatic carbocycles. The first-order valence-electron chi connectivity index (χ1n) is 6.83. The summed E-state index contributed by atoms with van der Waals surface area (Å²) >= 11 is 0. The molecule has 1 fully saturated rings. The van der Waals surface area contributed by atoms with E-state index in [0.29, 0.717) is 12.0 Å². The molecule has 20 heavy (non-hydrogen) atoms. The molecule has 2 amide bonds. The SMILES string of the molecule is O=C(c1ccccc1)C1CCCC1N1C(=O)C=CC1=O. The van der Waals surface area contributed by atoms with Crippen LogP contribution in [0.5, 0.6) is 0 Å². The Labute approximate surface area is 117 Å². The molecule has 0 N–H and O–H groups in total. The van der Waals surface area contributed by atoms with Crippen LogP contribution in [0.1, 0.15) is 29.6 Å². The van der Waals surface area contributed by atoms with Gasteiger partial charge in [0.1, 0.15) is 0 Å². The number of hydrogen-bond acceptors (Lipinski definition) is 3. The molecule has 0 bridgehead atoms. The molecule has 1 aromatic carbocycles. The molecule has 2 unspecified atom stereocenters. The van der Waals surface area contributed by atoms with Gasteiger partial charge in [-0.05, 0) is 12.8 Å². The summed E-state index contributed by atoms with van der Waals surface area (Å²) in [6.45, 7) is 0. The van der Waals surface area contributed by atoms with Gasteiger partial charge < -0.3 is 0 Å². The summed E-state index contributed by atoms with van der Waals surface area (Å²) in [5.74, 6) is -0.841. The molecule has 3 rings (SSSR count). The number of nitrogens with zero attached hydrogens (tertiary/aromatic N) is 1. The third kappa shape index (κ3) is 2.07. The highest BCUT2D eigenvalue weighted by Crippen LogP contribution is 2.34. The van der Waals surface area contributed by atoms with Gasteiger partial charge in [0.25, 0.3) is 11.8 Å². The number of benzene rings is 1. The summed E-state index contributed by atoms with van der Waals surface area (Å²) in [7, 11) is 0. The molecule has 1 aliphatic heterocycles. The summed E-state index contributed by atoms with van der Waals surface area (Å²) < 4.78 is 0. The van der Waals surface area contributed by atoms with Gasteiger partial charge >= 0.3 is 0 Å². The van der Waals surface area contributed by atoms with Crippen LogP contribution in [-0.2, 0) is 9.59 Å². The van der Waals surface area contributed by atoms with Crippen LogP contribution in [0.2, 0.25) is 0 Å². The van der Waals surface area contributed by atoms with Crippen molar-refractivity contribution in [2.45, 2.75) is 25.3 Å². The fourth-order valence-electron chi connectivity index (χ4n) is 3.11. The lowest BCUT2D eigenvalue weighted by Gasteiger charge is -2.27. The highest BCUT2D eigenvalue weighted by Gasteiger charge is 2.42. The maximum Gasteiger partial charge on any atom is 0.253 e. The Balaban J connectivity index is 1.85. The van der Waals surface area contributed by atoms with Crippen LogP contribution in [0.15, 0.2) is 42.5 Å². The number of carbonyl (C=O) groups is 3. The molecule has 4 nitrogen and oxygen atoms in total. The van der Waals surface area contributed by atoms with Gasteiger partial charge in [-0.3, -0.25) is 19.3 Å². The van der Waals surface area contributed by atoms with Crippen LogP contribution >= 0.6 is 0 Å². The van der Waals surface area contributed by atoms with E-state index in [1.165, 1.54) is 17.1 Å². The van der Waals surface area contributed by atoms with Crippen LogP contribution in [0.3, 0.4) is 0 Å². The minimum atomic E-state index is -0.298. The van der Waals surface area contributed by atoms with Crippen LogP contribution in [-0.4, -0.2) is 28.5 Å². The van der Waals surface area contributed by atoms with Crippen LogP contribution < -0.4 is 0 Å². The number of carbonyl (C=O) groups excluding carboxylic acids is 3. The van der Waals surface area contributed by atoms with Gasteiger partial charge in [-0.1, -0.05) is 36.8 Å². The van der Waals surface area contributed by atoms with Gasteiger partial charge in [-0.2, -0.15) is 0 Å². The van der Waals surface area contributed by atoms with E-state index in [1.54, 1.807) is 12.1 Å². The molecule has 0 radical (unpaired) electrons. The van der Waals surface area contributed by atoms with Crippen molar-refractivity contribution in [2.24, 2.45) is 5.92 Å². The van der Waals surface area contributed by atoms with Gasteiger partial charge in [-0.15, -0.1) is 0 Å². The predicted molar refractivity (Wildman–Crippen MR) is 72.9 cm³/mol. The number of ketones is 1. The summed E-state index contributed by atoms with van der Waals surface area (Å²) in [6.07, 6.45) is 4.87. The Morgan fingerprint density at radius 2 is 1.65 bits per heavy atom. The van der Waals surface area contributed by atoms with E-state index in [2.05, 4.69) is 0 Å². The highest BCUT2D eigenvalue weighted by molar-refractivity contribution is 6.13. The van der Waals surface area contributed by atoms with E-state index in [9.17, 15) is 14.4 Å². The molecule has 4 heteroatoms. The third-order valence-electron chi connectivity index (χ3n) is 4.05. The van der Waals surface area contributed by atoms with E-state index in [0.717, 1.165) is 12.8 Å². The number of rotatable bonds is 3. The van der Waals surface area contributed by atoms with Crippen molar-refractivity contribution in [1.29, 1.82) is 0 Å². The first-order valence-corrected chi connectivity index (χ1v) is 6.83. The third-order valence-corrected chi connectivity index (χ3v) is 4.05. The maximum absolute atomic E-state index is 12.6. The van der Waals surface area contributed by atoms with Crippen molar-refractivity contribution in [1.82, 2.24) is 4.90 Å². The first-order chi connectivity index (χ1) is 9.68. The number of amides is 2. The van der Waals surface area contributed by atoms with Gasteiger partial charge in [0.05, 0.1) is 6.04 Å². The monoisotopic (exact) mass is 269 g/mol. The van der Waals surface area contributed by atoms with Gasteiger partial charge in [-0.25, -0.2) is 0 Å². The van der Waals surface area contributed by atoms with Crippen LogP contribution in [0.4, 0.5) is 0 Å². The largest absolute Gasteiger partial charge is 0.294 e. The van der Waals surface area contributed by atoms with Crippen molar-refractivity contribution < 1.29 is 14.4 Å². The molecule has 0 spiro atoms. The van der Waals surface area contributed by atoms with Crippen molar-refractivity contribution in [3.05, 3.63) is 48.0 Å². The van der Waals surface area contributed by atoms with E-state index in [1.807, 2.05) is 18.2 Å². The minimum Gasteiger partial charge on any atom is -0.294 e. The summed E-state index contributed by atoms with van der Waals surface area (Å²) in [5, 5.41) is 0. The zero-order chi connectivity index (χ0) is 14.1. The van der Waals surface area contributed by atoms with Gasteiger partial charge in [0, 0.05) is 23.6 Å². The second-order valence-corrected chi connectivity index (χ2v) is 5.21. The van der Waals surface area contributed by atoms with Gasteiger partial charge in [0.15, 0.2) is 5.78 Å². The maximum atomic E-state index is 12.6. The van der Waals surface area contributed by atoms with Crippen molar-refractivity contribution in [3.8, 4) is 0 Å². The molecule has 1 heterocycles. The lowest BCUT2D eigenvalue weighted by Crippen LogP contribution is -2.44. The van der Waals surface area contributed by atoms with Crippen molar-refractivity contribution in [3.63, 3.8) is 0 Å². The molecule has 1 saturated carbocycles. The Kier molecular flexibility index (Phi) is 3.22. The molecule has 102 valence electrons. The van der Waals surface area contributed by atoms with Gasteiger partial charge in [0.2, 0.25) is 0 Å². The molecular formula is C16H15NO3. The predicted octanol–water partition coefficient (Wildman–Crippen LogP) is 1.96. The number of Topliss-reactive ketones (excluding diaryl/α,β-unsaturated/α-hetero) is 1. The topological polar surface area (TPSA) is 54.5 Å². The zero-order valence-electron chi connectivity index (χ0n) is 11.0. The van der Waals surface area contributed by atoms with Crippen molar-refractivity contribution in [2.75, 3.05) is 0 Å². The fourth-order valence-corrected chi connectivity index (χ4v) is 3.11. The second kappa shape index (κ2) is 5.04. The second-order valence-electron chi connectivity index (χ2n) is 5.21. The lowest BCUT2D eigenvalue weighted by molar-refractivity contribution is -0.139. The quantitative estimate of drug-likeness (QED) is 0.622. The summed E-state index contributed by atoms with van der Waals surface area (Å²) in [6, 6.07) is 8.78. The lowest BCUT2D eigenvalue weighted by atomic mass is 9.92. The molecule has 2 atom stereocenters. The normalized spacial score (nSPS) is 25.5. The Morgan fingerprint density at radius 1 is 1.00 bits per heavy atom. The smallest absolute Gasteiger partial charge is 0.253 e. The molecule has 2 aliphatic rings. The molecule has 1 aromatic rings. The summed E-state index contributed by atoms with van der Waals surface area (Å²) in [4.78, 5) is 37.4. The molecular weight excluding hydrogens is 254 g/mol. The molecule has 0 aromatic heterocycles. The molecule has 0 saturated heterocycles. The average molecular weight is 269 g/mol. The highest BCUT2D eigenvalue weighted by atomic mass is 16.2. The fraction of sp³-hybridized carbons (Fsp3) is 0.312. The Morgan fingerprint density at radius 3 is 2.30 bits per heavy atom. The Hall–Kier alpha value is -2.23. The zero-order valence-corrected chi connectivity index (χ0v) is 11.0. The average Bonchev–Trinajstić information content (AvgIpc) is 3.06. The summed E-state index contributed by atoms with van der Waals surface area (Å²) in [5.41, 5.74) is 0.649. The van der Waals surface area contributed by atoms with E-state index < -0.39 is 0 Å². The first kappa shape index (κ1) is 12.8. The number of imide groups is 1.